The Kier molecular flexibility index (Phi) is 4.49. The molecular formula is C16H20N2O2S2. The van der Waals surface area contributed by atoms with Crippen LogP contribution in [0.3, 0.4) is 0 Å². The fourth-order valence-electron chi connectivity index (χ4n) is 3.37. The molecule has 0 saturated heterocycles. The first-order chi connectivity index (χ1) is 10.6. The lowest BCUT2D eigenvalue weighted by atomic mass is 9.85. The van der Waals surface area contributed by atoms with Crippen molar-refractivity contribution in [2.24, 2.45) is 0 Å². The fourth-order valence-corrected chi connectivity index (χ4v) is 4.43. The zero-order valence-electron chi connectivity index (χ0n) is 12.6. The number of nitrogens with one attached hydrogen (secondary N) is 2. The third-order valence-corrected chi connectivity index (χ3v) is 5.31. The summed E-state index contributed by atoms with van der Waals surface area (Å²) in [6, 6.07) is 2.06. The third-order valence-electron chi connectivity index (χ3n) is 4.37. The summed E-state index contributed by atoms with van der Waals surface area (Å²) in [5.74, 6) is -0.225. The molecule has 0 aromatic carbocycles. The molecule has 0 bridgehead atoms. The maximum atomic E-state index is 12.6. The predicted octanol–water partition coefficient (Wildman–Crippen LogP) is 2.90. The van der Waals surface area contributed by atoms with Gasteiger partial charge in [-0.15, -0.1) is 0 Å². The van der Waals surface area contributed by atoms with E-state index in [9.17, 15) is 4.79 Å². The van der Waals surface area contributed by atoms with Crippen molar-refractivity contribution in [2.45, 2.75) is 44.6 Å². The van der Waals surface area contributed by atoms with Gasteiger partial charge in [0.2, 0.25) is 0 Å². The lowest BCUT2D eigenvalue weighted by Crippen LogP contribution is -2.57. The normalized spacial score (nSPS) is 20.0. The van der Waals surface area contributed by atoms with E-state index in [-0.39, 0.29) is 11.5 Å². The SMILES string of the molecule is CC1=C(C(=O)OCCc2ccsc2)C2(CCCC2)NC(=S)N1. The van der Waals surface area contributed by atoms with E-state index in [1.807, 2.05) is 12.3 Å². The molecule has 0 radical (unpaired) electrons. The number of hydrogen-bond acceptors (Lipinski definition) is 4. The van der Waals surface area contributed by atoms with E-state index in [4.69, 9.17) is 17.0 Å². The molecule has 2 aliphatic rings. The standard InChI is InChI=1S/C16H20N2O2S2/c1-11-13(14(19)20-8-4-12-5-9-22-10-12)16(6-2-3-7-16)18-15(21)17-11/h5,9-10H,2-4,6-8H2,1H3,(H2,17,18,21). The van der Waals surface area contributed by atoms with Gasteiger partial charge >= 0.3 is 5.97 Å². The van der Waals surface area contributed by atoms with Gasteiger partial charge in [0.15, 0.2) is 5.11 Å². The second kappa shape index (κ2) is 6.38. The van der Waals surface area contributed by atoms with Crippen LogP contribution in [-0.2, 0) is 16.0 Å². The lowest BCUT2D eigenvalue weighted by Gasteiger charge is -2.38. The van der Waals surface area contributed by atoms with Crippen molar-refractivity contribution in [1.82, 2.24) is 10.6 Å². The first-order valence-electron chi connectivity index (χ1n) is 7.59. The lowest BCUT2D eigenvalue weighted by molar-refractivity contribution is -0.140. The van der Waals surface area contributed by atoms with E-state index >= 15 is 0 Å². The molecule has 0 atom stereocenters. The molecule has 2 N–H and O–H groups in total. The Morgan fingerprint density at radius 1 is 1.45 bits per heavy atom. The first-order valence-corrected chi connectivity index (χ1v) is 8.94. The quantitative estimate of drug-likeness (QED) is 0.654. The molecule has 1 spiro atoms. The van der Waals surface area contributed by atoms with Gasteiger partial charge in [0.1, 0.15) is 0 Å². The number of carbonyl (C=O) groups excluding carboxylic acids is 1. The second-order valence-corrected chi connectivity index (χ2v) is 7.07. The Bertz CT molecular complexity index is 602. The van der Waals surface area contributed by atoms with Crippen LogP contribution in [0.25, 0.3) is 0 Å². The number of ether oxygens (including phenoxy) is 1. The summed E-state index contributed by atoms with van der Waals surface area (Å²) in [5, 5.41) is 11.1. The average Bonchev–Trinajstić information content (AvgIpc) is 3.10. The zero-order valence-corrected chi connectivity index (χ0v) is 14.2. The van der Waals surface area contributed by atoms with Gasteiger partial charge in [-0.05, 0) is 54.4 Å². The highest BCUT2D eigenvalue weighted by Gasteiger charge is 2.45. The number of carbonyl (C=O) groups is 1. The minimum absolute atomic E-state index is 0.225. The number of allylic oxidation sites excluding steroid dienone is 1. The highest BCUT2D eigenvalue weighted by molar-refractivity contribution is 7.80. The van der Waals surface area contributed by atoms with Crippen molar-refractivity contribution in [3.05, 3.63) is 33.7 Å². The van der Waals surface area contributed by atoms with E-state index in [0.29, 0.717) is 11.7 Å². The van der Waals surface area contributed by atoms with E-state index in [1.165, 1.54) is 5.56 Å². The molecule has 22 heavy (non-hydrogen) atoms. The van der Waals surface area contributed by atoms with Crippen LogP contribution < -0.4 is 10.6 Å². The molecule has 118 valence electrons. The summed E-state index contributed by atoms with van der Waals surface area (Å²) in [5.41, 5.74) is 2.43. The van der Waals surface area contributed by atoms with Gasteiger partial charge in [-0.25, -0.2) is 4.79 Å². The van der Waals surface area contributed by atoms with Crippen LogP contribution in [0.15, 0.2) is 28.1 Å². The molecule has 1 fully saturated rings. The number of hydrogen-bond donors (Lipinski definition) is 2. The predicted molar refractivity (Wildman–Crippen MR) is 91.8 cm³/mol. The summed E-state index contributed by atoms with van der Waals surface area (Å²) in [7, 11) is 0. The Balaban J connectivity index is 1.71. The van der Waals surface area contributed by atoms with Gasteiger partial charge in [0.25, 0.3) is 0 Å². The van der Waals surface area contributed by atoms with E-state index in [2.05, 4.69) is 22.1 Å². The van der Waals surface area contributed by atoms with Crippen LogP contribution in [0.1, 0.15) is 38.2 Å². The number of esters is 1. The maximum Gasteiger partial charge on any atom is 0.338 e. The molecule has 6 heteroatoms. The van der Waals surface area contributed by atoms with Crippen LogP contribution in [0.4, 0.5) is 0 Å². The summed E-state index contributed by atoms with van der Waals surface area (Å²) in [4.78, 5) is 12.6. The molecule has 2 heterocycles. The summed E-state index contributed by atoms with van der Waals surface area (Å²) in [6.07, 6.45) is 4.83. The molecule has 1 aliphatic heterocycles. The van der Waals surface area contributed by atoms with Crippen LogP contribution in [-0.4, -0.2) is 23.2 Å². The average molecular weight is 336 g/mol. The van der Waals surface area contributed by atoms with Crippen LogP contribution in [0, 0.1) is 0 Å². The van der Waals surface area contributed by atoms with Gasteiger partial charge in [0, 0.05) is 12.1 Å². The van der Waals surface area contributed by atoms with Crippen LogP contribution in [0.2, 0.25) is 0 Å². The van der Waals surface area contributed by atoms with Crippen molar-refractivity contribution in [3.63, 3.8) is 0 Å². The Morgan fingerprint density at radius 3 is 2.91 bits per heavy atom. The minimum atomic E-state index is -0.327. The smallest absolute Gasteiger partial charge is 0.338 e. The molecule has 4 nitrogen and oxygen atoms in total. The molecule has 0 unspecified atom stereocenters. The minimum Gasteiger partial charge on any atom is -0.462 e. The van der Waals surface area contributed by atoms with Crippen LogP contribution in [0.5, 0.6) is 0 Å². The monoisotopic (exact) mass is 336 g/mol. The molecule has 0 amide bonds. The van der Waals surface area contributed by atoms with Crippen molar-refractivity contribution in [2.75, 3.05) is 6.61 Å². The highest BCUT2D eigenvalue weighted by Crippen LogP contribution is 2.39. The zero-order chi connectivity index (χ0) is 15.6. The Labute approximate surface area is 139 Å². The van der Waals surface area contributed by atoms with Crippen molar-refractivity contribution in [1.29, 1.82) is 0 Å². The maximum absolute atomic E-state index is 12.6. The summed E-state index contributed by atoms with van der Waals surface area (Å²) in [6.45, 7) is 2.32. The Hall–Kier alpha value is -1.40. The highest BCUT2D eigenvalue weighted by atomic mass is 32.1. The first kappa shape index (κ1) is 15.5. The van der Waals surface area contributed by atoms with Gasteiger partial charge in [-0.2, -0.15) is 11.3 Å². The summed E-state index contributed by atoms with van der Waals surface area (Å²) < 4.78 is 5.53. The molecule has 1 saturated carbocycles. The number of thiocarbonyl (C=S) groups is 1. The van der Waals surface area contributed by atoms with Gasteiger partial charge in [-0.1, -0.05) is 12.8 Å². The van der Waals surface area contributed by atoms with Crippen molar-refractivity contribution in [3.8, 4) is 0 Å². The summed E-state index contributed by atoms with van der Waals surface area (Å²) >= 11 is 6.92. The van der Waals surface area contributed by atoms with Gasteiger partial charge < -0.3 is 15.4 Å². The Morgan fingerprint density at radius 2 is 2.23 bits per heavy atom. The van der Waals surface area contributed by atoms with Crippen molar-refractivity contribution < 1.29 is 9.53 Å². The molecule has 3 rings (SSSR count). The van der Waals surface area contributed by atoms with E-state index in [1.54, 1.807) is 11.3 Å². The second-order valence-electron chi connectivity index (χ2n) is 5.89. The molecule has 1 aromatic rings. The number of rotatable bonds is 4. The van der Waals surface area contributed by atoms with Crippen molar-refractivity contribution >= 4 is 34.6 Å². The number of thiophene rings is 1. The third kappa shape index (κ3) is 3.03. The van der Waals surface area contributed by atoms with Gasteiger partial charge in [-0.3, -0.25) is 0 Å². The van der Waals surface area contributed by atoms with Gasteiger partial charge in [0.05, 0.1) is 17.7 Å². The van der Waals surface area contributed by atoms with Crippen LogP contribution >= 0.6 is 23.6 Å². The van der Waals surface area contributed by atoms with E-state index in [0.717, 1.165) is 43.4 Å². The fraction of sp³-hybridized carbons (Fsp3) is 0.500. The largest absolute Gasteiger partial charge is 0.462 e. The molecule has 1 aromatic heterocycles. The molecule has 1 aliphatic carbocycles. The van der Waals surface area contributed by atoms with E-state index < -0.39 is 0 Å². The topological polar surface area (TPSA) is 50.4 Å². The molecular weight excluding hydrogens is 316 g/mol.